The Morgan fingerprint density at radius 2 is 2.30 bits per heavy atom. The fourth-order valence-corrected chi connectivity index (χ4v) is 4.23. The van der Waals surface area contributed by atoms with E-state index in [1.807, 2.05) is 12.1 Å². The van der Waals surface area contributed by atoms with Gasteiger partial charge in [-0.15, -0.1) is 11.3 Å². The van der Waals surface area contributed by atoms with Crippen molar-refractivity contribution >= 4 is 22.9 Å². The first-order chi connectivity index (χ1) is 11.2. The standard InChI is InChI=1S/C17H18N2O3S/c20-12-6-1-4-11-5-2-8-19(15(11)12)17(21)14-10-18-16(23-14)13-7-3-9-22-13/h1,4,6,10,13,20H,2-3,5,7-9H2/t13-/m0/s1. The van der Waals surface area contributed by atoms with Gasteiger partial charge in [0.25, 0.3) is 5.91 Å². The molecular formula is C17H18N2O3S. The van der Waals surface area contributed by atoms with Crippen molar-refractivity contribution < 1.29 is 14.6 Å². The first-order valence-electron chi connectivity index (χ1n) is 7.94. The zero-order chi connectivity index (χ0) is 15.8. The number of amides is 1. The molecule has 1 amide bonds. The molecule has 1 aromatic carbocycles. The van der Waals surface area contributed by atoms with Gasteiger partial charge in [0.15, 0.2) is 0 Å². The molecule has 2 aliphatic heterocycles. The minimum Gasteiger partial charge on any atom is -0.506 e. The van der Waals surface area contributed by atoms with E-state index in [4.69, 9.17) is 4.74 Å². The first-order valence-corrected chi connectivity index (χ1v) is 8.76. The molecule has 0 bridgehead atoms. The molecule has 4 rings (SSSR count). The van der Waals surface area contributed by atoms with E-state index in [9.17, 15) is 9.90 Å². The average molecular weight is 330 g/mol. The monoisotopic (exact) mass is 330 g/mol. The molecule has 3 heterocycles. The summed E-state index contributed by atoms with van der Waals surface area (Å²) in [5, 5.41) is 11.0. The normalized spacial score (nSPS) is 20.5. The molecule has 0 saturated carbocycles. The van der Waals surface area contributed by atoms with E-state index in [1.54, 1.807) is 17.2 Å². The number of hydrogen-bond acceptors (Lipinski definition) is 5. The summed E-state index contributed by atoms with van der Waals surface area (Å²) >= 11 is 1.40. The summed E-state index contributed by atoms with van der Waals surface area (Å²) in [6, 6.07) is 5.43. The van der Waals surface area contributed by atoms with E-state index < -0.39 is 0 Å². The lowest BCUT2D eigenvalue weighted by Crippen LogP contribution is -2.35. The number of ether oxygens (including phenoxy) is 1. The van der Waals surface area contributed by atoms with Crippen molar-refractivity contribution in [3.63, 3.8) is 0 Å². The molecule has 2 aliphatic rings. The van der Waals surface area contributed by atoms with Crippen LogP contribution in [-0.2, 0) is 11.2 Å². The third-order valence-electron chi connectivity index (χ3n) is 4.38. The van der Waals surface area contributed by atoms with E-state index in [1.165, 1.54) is 11.3 Å². The van der Waals surface area contributed by atoms with Gasteiger partial charge in [0.1, 0.15) is 21.7 Å². The van der Waals surface area contributed by atoms with Gasteiger partial charge in [-0.1, -0.05) is 12.1 Å². The molecule has 0 aliphatic carbocycles. The largest absolute Gasteiger partial charge is 0.506 e. The van der Waals surface area contributed by atoms with Crippen molar-refractivity contribution in [1.29, 1.82) is 0 Å². The Hall–Kier alpha value is -1.92. The van der Waals surface area contributed by atoms with Gasteiger partial charge in [-0.25, -0.2) is 4.98 Å². The van der Waals surface area contributed by atoms with Crippen molar-refractivity contribution in [2.24, 2.45) is 0 Å². The van der Waals surface area contributed by atoms with Gasteiger partial charge in [0.2, 0.25) is 0 Å². The first kappa shape index (κ1) is 14.7. The Morgan fingerprint density at radius 1 is 1.39 bits per heavy atom. The third kappa shape index (κ3) is 2.62. The number of fused-ring (bicyclic) bond motifs is 1. The number of aromatic nitrogens is 1. The maximum atomic E-state index is 12.9. The van der Waals surface area contributed by atoms with E-state index in [0.717, 1.165) is 42.9 Å². The predicted molar refractivity (Wildman–Crippen MR) is 88.1 cm³/mol. The van der Waals surface area contributed by atoms with Gasteiger partial charge in [-0.3, -0.25) is 4.79 Å². The Kier molecular flexibility index (Phi) is 3.79. The van der Waals surface area contributed by atoms with Crippen LogP contribution in [0.5, 0.6) is 5.75 Å². The van der Waals surface area contributed by atoms with Crippen molar-refractivity contribution in [1.82, 2.24) is 4.98 Å². The second kappa shape index (κ2) is 5.94. The molecule has 1 fully saturated rings. The quantitative estimate of drug-likeness (QED) is 0.918. The highest BCUT2D eigenvalue weighted by molar-refractivity contribution is 7.13. The number of aryl methyl sites for hydroxylation is 1. The number of anilines is 1. The highest BCUT2D eigenvalue weighted by atomic mass is 32.1. The number of carbonyl (C=O) groups excluding carboxylic acids is 1. The minimum absolute atomic E-state index is 0.0311. The van der Waals surface area contributed by atoms with E-state index in [2.05, 4.69) is 4.98 Å². The van der Waals surface area contributed by atoms with Crippen LogP contribution in [0.3, 0.4) is 0 Å². The molecule has 1 atom stereocenters. The predicted octanol–water partition coefficient (Wildman–Crippen LogP) is 3.29. The molecule has 0 spiro atoms. The Labute approximate surface area is 138 Å². The smallest absolute Gasteiger partial charge is 0.270 e. The number of rotatable bonds is 2. The lowest BCUT2D eigenvalue weighted by Gasteiger charge is -2.29. The number of benzene rings is 1. The second-order valence-corrected chi connectivity index (χ2v) is 6.97. The maximum Gasteiger partial charge on any atom is 0.270 e. The van der Waals surface area contributed by atoms with Gasteiger partial charge in [-0.2, -0.15) is 0 Å². The van der Waals surface area contributed by atoms with Crippen LogP contribution in [0, 0.1) is 0 Å². The fourth-order valence-electron chi connectivity index (χ4n) is 3.27. The number of thiazole rings is 1. The number of aromatic hydroxyl groups is 1. The second-order valence-electron chi connectivity index (χ2n) is 5.91. The zero-order valence-corrected chi connectivity index (χ0v) is 13.5. The SMILES string of the molecule is O=C(c1cnc([C@@H]2CCCO2)s1)N1CCCc2cccc(O)c21. The Bertz CT molecular complexity index is 737. The summed E-state index contributed by atoms with van der Waals surface area (Å²) in [7, 11) is 0. The number of phenolic OH excluding ortho intramolecular Hbond substituents is 1. The molecule has 1 saturated heterocycles. The summed E-state index contributed by atoms with van der Waals surface area (Å²) < 4.78 is 5.64. The maximum absolute atomic E-state index is 12.9. The topological polar surface area (TPSA) is 62.7 Å². The van der Waals surface area contributed by atoms with Crippen molar-refractivity contribution in [2.75, 3.05) is 18.1 Å². The summed E-state index contributed by atoms with van der Waals surface area (Å²) in [6.45, 7) is 1.39. The Morgan fingerprint density at radius 3 is 3.13 bits per heavy atom. The van der Waals surface area contributed by atoms with Crippen LogP contribution in [-0.4, -0.2) is 29.1 Å². The van der Waals surface area contributed by atoms with Gasteiger partial charge in [0, 0.05) is 13.2 Å². The van der Waals surface area contributed by atoms with Crippen LogP contribution < -0.4 is 4.90 Å². The number of para-hydroxylation sites is 1. The van der Waals surface area contributed by atoms with E-state index >= 15 is 0 Å². The summed E-state index contributed by atoms with van der Waals surface area (Å²) in [4.78, 5) is 19.5. The molecule has 0 unspecified atom stereocenters. The molecule has 6 heteroatoms. The molecule has 23 heavy (non-hydrogen) atoms. The molecular weight excluding hydrogens is 312 g/mol. The third-order valence-corrected chi connectivity index (χ3v) is 5.46. The van der Waals surface area contributed by atoms with Crippen molar-refractivity contribution in [2.45, 2.75) is 31.8 Å². The molecule has 1 N–H and O–H groups in total. The fraction of sp³-hybridized carbons (Fsp3) is 0.412. The number of nitrogens with zero attached hydrogens (tertiary/aromatic N) is 2. The highest BCUT2D eigenvalue weighted by Crippen LogP contribution is 2.37. The summed E-state index contributed by atoms with van der Waals surface area (Å²) in [5.74, 6) is 0.0774. The van der Waals surface area contributed by atoms with Crippen LogP contribution >= 0.6 is 11.3 Å². The molecule has 1 aromatic heterocycles. The Balaban J connectivity index is 1.63. The lowest BCUT2D eigenvalue weighted by molar-refractivity contribution is 0.0988. The van der Waals surface area contributed by atoms with Crippen LogP contribution in [0.4, 0.5) is 5.69 Å². The van der Waals surface area contributed by atoms with Gasteiger partial charge in [0.05, 0.1) is 11.9 Å². The molecule has 2 aromatic rings. The molecule has 120 valence electrons. The average Bonchev–Trinajstić information content (AvgIpc) is 3.25. The minimum atomic E-state index is -0.0887. The number of phenols is 1. The van der Waals surface area contributed by atoms with Crippen molar-refractivity contribution in [3.05, 3.63) is 39.8 Å². The van der Waals surface area contributed by atoms with Gasteiger partial charge < -0.3 is 14.7 Å². The number of hydrogen-bond donors (Lipinski definition) is 1. The van der Waals surface area contributed by atoms with Crippen LogP contribution in [0.15, 0.2) is 24.4 Å². The number of carbonyl (C=O) groups is 1. The van der Waals surface area contributed by atoms with Crippen LogP contribution in [0.2, 0.25) is 0 Å². The van der Waals surface area contributed by atoms with Crippen LogP contribution in [0.1, 0.15) is 45.6 Å². The molecule has 0 radical (unpaired) electrons. The van der Waals surface area contributed by atoms with Gasteiger partial charge >= 0.3 is 0 Å². The zero-order valence-electron chi connectivity index (χ0n) is 12.7. The van der Waals surface area contributed by atoms with Crippen LogP contribution in [0.25, 0.3) is 0 Å². The highest BCUT2D eigenvalue weighted by Gasteiger charge is 2.29. The summed E-state index contributed by atoms with van der Waals surface area (Å²) in [6.07, 6.45) is 5.47. The van der Waals surface area contributed by atoms with E-state index in [-0.39, 0.29) is 17.8 Å². The van der Waals surface area contributed by atoms with Crippen molar-refractivity contribution in [3.8, 4) is 5.75 Å². The summed E-state index contributed by atoms with van der Waals surface area (Å²) in [5.41, 5.74) is 1.67. The van der Waals surface area contributed by atoms with Gasteiger partial charge in [-0.05, 0) is 37.3 Å². The van der Waals surface area contributed by atoms with E-state index in [0.29, 0.717) is 17.1 Å². The molecule has 5 nitrogen and oxygen atoms in total. The lowest BCUT2D eigenvalue weighted by atomic mass is 10.0.